The number of aryl methyl sites for hydroxylation is 2. The Bertz CT molecular complexity index is 503. The molecule has 0 amide bonds. The number of nitrogens with zero attached hydrogens (tertiary/aromatic N) is 1. The number of hydrogen-bond acceptors (Lipinski definition) is 3. The number of benzene rings is 1. The third-order valence-corrected chi connectivity index (χ3v) is 2.68. The van der Waals surface area contributed by atoms with Crippen molar-refractivity contribution in [3.8, 4) is 11.6 Å². The van der Waals surface area contributed by atoms with Crippen LogP contribution >= 0.6 is 0 Å². The Morgan fingerprint density at radius 1 is 1.12 bits per heavy atom. The lowest BCUT2D eigenvalue weighted by atomic mass is 10.1. The predicted octanol–water partition coefficient (Wildman–Crippen LogP) is 2.95. The number of hydrogen-bond donors (Lipinski definition) is 1. The van der Waals surface area contributed by atoms with Crippen LogP contribution in [0, 0.1) is 13.8 Å². The van der Waals surface area contributed by atoms with E-state index in [0.717, 1.165) is 22.4 Å². The van der Waals surface area contributed by atoms with Crippen LogP contribution in [0.2, 0.25) is 0 Å². The first kappa shape index (κ1) is 11.6. The molecule has 0 unspecified atom stereocenters. The zero-order valence-corrected chi connectivity index (χ0v) is 10.1. The molecular formula is C14H16N2O. The van der Waals surface area contributed by atoms with Gasteiger partial charge in [0.05, 0.1) is 0 Å². The fourth-order valence-electron chi connectivity index (χ4n) is 1.73. The summed E-state index contributed by atoms with van der Waals surface area (Å²) in [6, 6.07) is 9.84. The Balaban J connectivity index is 2.38. The van der Waals surface area contributed by atoms with Gasteiger partial charge in [0, 0.05) is 18.3 Å². The number of rotatable bonds is 3. The lowest BCUT2D eigenvalue weighted by molar-refractivity contribution is 0.449. The molecule has 2 rings (SSSR count). The first-order valence-electron chi connectivity index (χ1n) is 5.60. The molecule has 0 aliphatic carbocycles. The van der Waals surface area contributed by atoms with Gasteiger partial charge in [-0.2, -0.15) is 0 Å². The number of pyridine rings is 1. The van der Waals surface area contributed by atoms with Crippen molar-refractivity contribution in [3.63, 3.8) is 0 Å². The number of aromatic nitrogens is 1. The van der Waals surface area contributed by atoms with Gasteiger partial charge in [0.25, 0.3) is 0 Å². The highest BCUT2D eigenvalue weighted by Crippen LogP contribution is 2.28. The second kappa shape index (κ2) is 4.97. The zero-order valence-electron chi connectivity index (χ0n) is 10.1. The fraction of sp³-hybridized carbons (Fsp3) is 0.214. The molecule has 3 heteroatoms. The van der Waals surface area contributed by atoms with Crippen LogP contribution in [0.25, 0.3) is 0 Å². The molecule has 0 spiro atoms. The number of nitrogens with two attached hydrogens (primary N) is 1. The van der Waals surface area contributed by atoms with Crippen LogP contribution < -0.4 is 10.5 Å². The highest BCUT2D eigenvalue weighted by atomic mass is 16.5. The summed E-state index contributed by atoms with van der Waals surface area (Å²) in [7, 11) is 0. The van der Waals surface area contributed by atoms with Crippen molar-refractivity contribution in [1.82, 2.24) is 4.98 Å². The first-order chi connectivity index (χ1) is 8.22. The molecule has 1 heterocycles. The monoisotopic (exact) mass is 228 g/mol. The molecule has 0 aliphatic heterocycles. The highest BCUT2D eigenvalue weighted by molar-refractivity contribution is 5.43. The van der Waals surface area contributed by atoms with Crippen LogP contribution in [0.5, 0.6) is 11.6 Å². The molecule has 0 radical (unpaired) electrons. The van der Waals surface area contributed by atoms with Crippen LogP contribution in [0.4, 0.5) is 0 Å². The molecule has 0 fully saturated rings. The molecule has 0 aliphatic rings. The molecule has 1 aromatic heterocycles. The Morgan fingerprint density at radius 3 is 2.47 bits per heavy atom. The minimum absolute atomic E-state index is 0.425. The van der Waals surface area contributed by atoms with E-state index in [2.05, 4.69) is 4.98 Å². The van der Waals surface area contributed by atoms with Crippen LogP contribution in [0.1, 0.15) is 16.7 Å². The molecular weight excluding hydrogens is 212 g/mol. The Labute approximate surface area is 101 Å². The largest absolute Gasteiger partial charge is 0.438 e. The van der Waals surface area contributed by atoms with E-state index in [9.17, 15) is 0 Å². The molecule has 0 saturated carbocycles. The molecule has 0 atom stereocenters. The normalized spacial score (nSPS) is 10.3. The maximum absolute atomic E-state index is 5.87. The minimum atomic E-state index is 0.425. The van der Waals surface area contributed by atoms with Gasteiger partial charge in [-0.25, -0.2) is 4.98 Å². The molecule has 1 aromatic carbocycles. The molecule has 2 aromatic rings. The van der Waals surface area contributed by atoms with E-state index in [1.165, 1.54) is 0 Å². The van der Waals surface area contributed by atoms with Gasteiger partial charge in [-0.05, 0) is 31.0 Å². The van der Waals surface area contributed by atoms with Crippen molar-refractivity contribution in [1.29, 1.82) is 0 Å². The van der Waals surface area contributed by atoms with Gasteiger partial charge < -0.3 is 10.5 Å². The molecule has 17 heavy (non-hydrogen) atoms. The average molecular weight is 228 g/mol. The van der Waals surface area contributed by atoms with Crippen molar-refractivity contribution in [3.05, 3.63) is 53.2 Å². The maximum atomic E-state index is 5.87. The van der Waals surface area contributed by atoms with Crippen LogP contribution in [-0.4, -0.2) is 4.98 Å². The standard InChI is InChI=1S/C14H16N2O/c1-10-5-3-6-11(2)13(10)17-14-12(9-15)7-4-8-16-14/h3-8H,9,15H2,1-2H3. The molecule has 3 nitrogen and oxygen atoms in total. The Kier molecular flexibility index (Phi) is 3.40. The van der Waals surface area contributed by atoms with Gasteiger partial charge in [0.2, 0.25) is 5.88 Å². The van der Waals surface area contributed by atoms with Crippen molar-refractivity contribution in [2.75, 3.05) is 0 Å². The molecule has 0 saturated heterocycles. The van der Waals surface area contributed by atoms with Crippen molar-refractivity contribution >= 4 is 0 Å². The molecule has 2 N–H and O–H groups in total. The summed E-state index contributed by atoms with van der Waals surface area (Å²) in [4.78, 5) is 4.22. The Hall–Kier alpha value is -1.87. The second-order valence-corrected chi connectivity index (χ2v) is 3.99. The quantitative estimate of drug-likeness (QED) is 0.878. The van der Waals surface area contributed by atoms with E-state index in [1.54, 1.807) is 6.20 Å². The summed E-state index contributed by atoms with van der Waals surface area (Å²) in [5.41, 5.74) is 8.76. The van der Waals surface area contributed by atoms with Gasteiger partial charge in [-0.15, -0.1) is 0 Å². The third kappa shape index (κ3) is 2.45. The molecule has 88 valence electrons. The van der Waals surface area contributed by atoms with Crippen molar-refractivity contribution in [2.45, 2.75) is 20.4 Å². The van der Waals surface area contributed by atoms with Gasteiger partial charge >= 0.3 is 0 Å². The third-order valence-electron chi connectivity index (χ3n) is 2.68. The van der Waals surface area contributed by atoms with E-state index in [-0.39, 0.29) is 0 Å². The van der Waals surface area contributed by atoms with E-state index in [1.807, 2.05) is 44.2 Å². The first-order valence-corrected chi connectivity index (χ1v) is 5.60. The van der Waals surface area contributed by atoms with Gasteiger partial charge in [-0.1, -0.05) is 24.3 Å². The summed E-state index contributed by atoms with van der Waals surface area (Å²) in [6.45, 7) is 4.47. The van der Waals surface area contributed by atoms with Crippen molar-refractivity contribution in [2.24, 2.45) is 5.73 Å². The predicted molar refractivity (Wildman–Crippen MR) is 68.1 cm³/mol. The van der Waals surface area contributed by atoms with Crippen molar-refractivity contribution < 1.29 is 4.74 Å². The highest BCUT2D eigenvalue weighted by Gasteiger charge is 2.08. The minimum Gasteiger partial charge on any atom is -0.438 e. The zero-order chi connectivity index (χ0) is 12.3. The second-order valence-electron chi connectivity index (χ2n) is 3.99. The number of ether oxygens (including phenoxy) is 1. The van der Waals surface area contributed by atoms with Crippen LogP contribution in [0.15, 0.2) is 36.5 Å². The van der Waals surface area contributed by atoms with Gasteiger partial charge in [-0.3, -0.25) is 0 Å². The van der Waals surface area contributed by atoms with E-state index in [0.29, 0.717) is 12.4 Å². The average Bonchev–Trinajstić information content (AvgIpc) is 2.34. The smallest absolute Gasteiger partial charge is 0.223 e. The lowest BCUT2D eigenvalue weighted by Gasteiger charge is -2.12. The topological polar surface area (TPSA) is 48.1 Å². The van der Waals surface area contributed by atoms with E-state index < -0.39 is 0 Å². The lowest BCUT2D eigenvalue weighted by Crippen LogP contribution is -2.02. The number of para-hydroxylation sites is 1. The summed E-state index contributed by atoms with van der Waals surface area (Å²) in [5.74, 6) is 1.45. The van der Waals surface area contributed by atoms with Gasteiger partial charge in [0.15, 0.2) is 0 Å². The maximum Gasteiger partial charge on any atom is 0.223 e. The van der Waals surface area contributed by atoms with Gasteiger partial charge in [0.1, 0.15) is 5.75 Å². The fourth-order valence-corrected chi connectivity index (χ4v) is 1.73. The Morgan fingerprint density at radius 2 is 1.82 bits per heavy atom. The SMILES string of the molecule is Cc1cccc(C)c1Oc1ncccc1CN. The summed E-state index contributed by atoms with van der Waals surface area (Å²) < 4.78 is 5.87. The van der Waals surface area contributed by atoms with E-state index in [4.69, 9.17) is 10.5 Å². The summed E-state index contributed by atoms with van der Waals surface area (Å²) in [6.07, 6.45) is 1.71. The van der Waals surface area contributed by atoms with E-state index >= 15 is 0 Å². The summed E-state index contributed by atoms with van der Waals surface area (Å²) in [5, 5.41) is 0. The van der Waals surface area contributed by atoms with Crippen LogP contribution in [0.3, 0.4) is 0 Å². The van der Waals surface area contributed by atoms with Crippen LogP contribution in [-0.2, 0) is 6.54 Å². The summed E-state index contributed by atoms with van der Waals surface area (Å²) >= 11 is 0. The molecule has 0 bridgehead atoms.